The number of rotatable bonds is 4. The van der Waals surface area contributed by atoms with Crippen LogP contribution in [-0.2, 0) is 11.2 Å². The Kier molecular flexibility index (Phi) is 4.28. The topological polar surface area (TPSA) is 70.3 Å². The first-order chi connectivity index (χ1) is 8.29. The summed E-state index contributed by atoms with van der Waals surface area (Å²) in [5.74, 6) is 0.576. The van der Waals surface area contributed by atoms with E-state index < -0.39 is 0 Å². The van der Waals surface area contributed by atoms with Crippen LogP contribution in [0.1, 0.15) is 25.0 Å². The fourth-order valence-corrected chi connectivity index (χ4v) is 2.08. The first-order valence-corrected chi connectivity index (χ1v) is 6.01. The normalized spacial score (nSPS) is 22.1. The maximum Gasteiger partial charge on any atom is 0.216 e. The van der Waals surface area contributed by atoms with Gasteiger partial charge < -0.3 is 15.2 Å². The van der Waals surface area contributed by atoms with E-state index in [0.29, 0.717) is 12.3 Å². The SMILES string of the molecule is COc1cc(CC(N)C2CCCCO2)ncn1. The van der Waals surface area contributed by atoms with Gasteiger partial charge in [0.05, 0.1) is 13.2 Å². The van der Waals surface area contributed by atoms with Gasteiger partial charge in [0.1, 0.15) is 6.33 Å². The Morgan fingerprint density at radius 1 is 1.53 bits per heavy atom. The fourth-order valence-electron chi connectivity index (χ4n) is 2.08. The summed E-state index contributed by atoms with van der Waals surface area (Å²) >= 11 is 0. The van der Waals surface area contributed by atoms with Crippen LogP contribution in [0.4, 0.5) is 0 Å². The summed E-state index contributed by atoms with van der Waals surface area (Å²) in [6, 6.07) is 1.82. The largest absolute Gasteiger partial charge is 0.481 e. The fraction of sp³-hybridized carbons (Fsp3) is 0.667. The Bertz CT molecular complexity index is 353. The number of nitrogens with two attached hydrogens (primary N) is 1. The van der Waals surface area contributed by atoms with Gasteiger partial charge in [0.2, 0.25) is 5.88 Å². The molecule has 0 amide bonds. The minimum Gasteiger partial charge on any atom is -0.481 e. The van der Waals surface area contributed by atoms with Crippen LogP contribution in [-0.4, -0.2) is 35.8 Å². The van der Waals surface area contributed by atoms with Crippen molar-refractivity contribution in [3.8, 4) is 5.88 Å². The quantitative estimate of drug-likeness (QED) is 0.843. The average Bonchev–Trinajstić information content (AvgIpc) is 2.40. The van der Waals surface area contributed by atoms with Gasteiger partial charge in [-0.3, -0.25) is 0 Å². The Morgan fingerprint density at radius 2 is 2.41 bits per heavy atom. The highest BCUT2D eigenvalue weighted by molar-refractivity contribution is 5.14. The lowest BCUT2D eigenvalue weighted by Crippen LogP contribution is -2.40. The van der Waals surface area contributed by atoms with Crippen molar-refractivity contribution >= 4 is 0 Å². The van der Waals surface area contributed by atoms with Gasteiger partial charge in [0, 0.05) is 30.8 Å². The summed E-state index contributed by atoms with van der Waals surface area (Å²) < 4.78 is 10.7. The molecule has 0 aliphatic carbocycles. The van der Waals surface area contributed by atoms with Gasteiger partial charge in [0.25, 0.3) is 0 Å². The lowest BCUT2D eigenvalue weighted by Gasteiger charge is -2.27. The molecule has 1 fully saturated rings. The zero-order chi connectivity index (χ0) is 12.1. The molecule has 2 heterocycles. The second kappa shape index (κ2) is 5.93. The molecule has 2 unspecified atom stereocenters. The molecule has 0 bridgehead atoms. The lowest BCUT2D eigenvalue weighted by molar-refractivity contribution is 0.000454. The molecule has 0 spiro atoms. The Labute approximate surface area is 101 Å². The summed E-state index contributed by atoms with van der Waals surface area (Å²) in [6.45, 7) is 0.825. The number of methoxy groups -OCH3 is 1. The van der Waals surface area contributed by atoms with Gasteiger partial charge in [-0.15, -0.1) is 0 Å². The highest BCUT2D eigenvalue weighted by Gasteiger charge is 2.22. The minimum absolute atomic E-state index is 0.00472. The highest BCUT2D eigenvalue weighted by Crippen LogP contribution is 2.17. The standard InChI is InChI=1S/C12H19N3O2/c1-16-12-7-9(14-8-15-12)6-10(13)11-4-2-3-5-17-11/h7-8,10-11H,2-6,13H2,1H3. The van der Waals surface area contributed by atoms with Crippen molar-refractivity contribution in [1.82, 2.24) is 9.97 Å². The van der Waals surface area contributed by atoms with Crippen LogP contribution in [0.15, 0.2) is 12.4 Å². The van der Waals surface area contributed by atoms with E-state index in [1.165, 1.54) is 12.7 Å². The van der Waals surface area contributed by atoms with Crippen LogP contribution in [0.25, 0.3) is 0 Å². The van der Waals surface area contributed by atoms with Crippen LogP contribution in [0.2, 0.25) is 0 Å². The van der Waals surface area contributed by atoms with Gasteiger partial charge in [-0.2, -0.15) is 0 Å². The molecule has 5 nitrogen and oxygen atoms in total. The molecule has 1 saturated heterocycles. The molecule has 0 saturated carbocycles. The van der Waals surface area contributed by atoms with E-state index in [9.17, 15) is 0 Å². The average molecular weight is 237 g/mol. The van der Waals surface area contributed by atoms with E-state index in [1.807, 2.05) is 6.07 Å². The lowest BCUT2D eigenvalue weighted by atomic mass is 9.99. The van der Waals surface area contributed by atoms with Crippen molar-refractivity contribution in [3.05, 3.63) is 18.1 Å². The monoisotopic (exact) mass is 237 g/mol. The molecule has 5 heteroatoms. The molecule has 2 N–H and O–H groups in total. The maximum atomic E-state index is 6.15. The molecule has 0 radical (unpaired) electrons. The number of hydrogen-bond donors (Lipinski definition) is 1. The first kappa shape index (κ1) is 12.3. The van der Waals surface area contributed by atoms with E-state index in [-0.39, 0.29) is 12.1 Å². The van der Waals surface area contributed by atoms with Crippen molar-refractivity contribution in [1.29, 1.82) is 0 Å². The molecule has 94 valence electrons. The van der Waals surface area contributed by atoms with E-state index in [1.54, 1.807) is 7.11 Å². The van der Waals surface area contributed by atoms with Crippen molar-refractivity contribution < 1.29 is 9.47 Å². The third-order valence-corrected chi connectivity index (χ3v) is 3.05. The molecular weight excluding hydrogens is 218 g/mol. The Morgan fingerprint density at radius 3 is 3.12 bits per heavy atom. The third-order valence-electron chi connectivity index (χ3n) is 3.05. The van der Waals surface area contributed by atoms with Crippen molar-refractivity contribution in [2.24, 2.45) is 5.73 Å². The first-order valence-electron chi connectivity index (χ1n) is 6.01. The summed E-state index contributed by atoms with van der Waals surface area (Å²) in [5.41, 5.74) is 7.05. The predicted molar refractivity (Wildman–Crippen MR) is 63.9 cm³/mol. The minimum atomic E-state index is -0.00472. The molecule has 1 aliphatic heterocycles. The predicted octanol–water partition coefficient (Wildman–Crippen LogP) is 0.924. The van der Waals surface area contributed by atoms with E-state index in [0.717, 1.165) is 25.1 Å². The van der Waals surface area contributed by atoms with Crippen LogP contribution in [0.5, 0.6) is 5.88 Å². The number of aromatic nitrogens is 2. The van der Waals surface area contributed by atoms with Gasteiger partial charge >= 0.3 is 0 Å². The zero-order valence-electron chi connectivity index (χ0n) is 10.1. The van der Waals surface area contributed by atoms with E-state index >= 15 is 0 Å². The molecule has 1 aromatic rings. The van der Waals surface area contributed by atoms with Gasteiger partial charge in [-0.05, 0) is 19.3 Å². The van der Waals surface area contributed by atoms with Gasteiger partial charge in [-0.1, -0.05) is 0 Å². The number of hydrogen-bond acceptors (Lipinski definition) is 5. The third kappa shape index (κ3) is 3.38. The van der Waals surface area contributed by atoms with Gasteiger partial charge in [0.15, 0.2) is 0 Å². The van der Waals surface area contributed by atoms with Crippen LogP contribution < -0.4 is 10.5 Å². The molecule has 2 rings (SSSR count). The summed E-state index contributed by atoms with van der Waals surface area (Å²) in [7, 11) is 1.59. The Hall–Kier alpha value is -1.20. The zero-order valence-corrected chi connectivity index (χ0v) is 10.1. The van der Waals surface area contributed by atoms with Crippen LogP contribution in [0, 0.1) is 0 Å². The summed E-state index contributed by atoms with van der Waals surface area (Å²) in [5, 5.41) is 0. The van der Waals surface area contributed by atoms with Gasteiger partial charge in [-0.25, -0.2) is 9.97 Å². The van der Waals surface area contributed by atoms with Crippen molar-refractivity contribution in [3.63, 3.8) is 0 Å². The Balaban J connectivity index is 1.94. The summed E-state index contributed by atoms with van der Waals surface area (Å²) in [4.78, 5) is 8.17. The van der Waals surface area contributed by atoms with E-state index in [4.69, 9.17) is 15.2 Å². The van der Waals surface area contributed by atoms with Crippen LogP contribution in [0.3, 0.4) is 0 Å². The number of ether oxygens (including phenoxy) is 2. The van der Waals surface area contributed by atoms with Crippen molar-refractivity contribution in [2.45, 2.75) is 37.8 Å². The number of nitrogens with zero attached hydrogens (tertiary/aromatic N) is 2. The molecule has 1 aliphatic rings. The smallest absolute Gasteiger partial charge is 0.216 e. The molecule has 1 aromatic heterocycles. The second-order valence-electron chi connectivity index (χ2n) is 4.32. The van der Waals surface area contributed by atoms with E-state index in [2.05, 4.69) is 9.97 Å². The highest BCUT2D eigenvalue weighted by atomic mass is 16.5. The molecule has 2 atom stereocenters. The summed E-state index contributed by atoms with van der Waals surface area (Å²) in [6.07, 6.45) is 5.75. The maximum absolute atomic E-state index is 6.15. The van der Waals surface area contributed by atoms with Crippen molar-refractivity contribution in [2.75, 3.05) is 13.7 Å². The second-order valence-corrected chi connectivity index (χ2v) is 4.32. The molecule has 0 aromatic carbocycles. The molecular formula is C12H19N3O2. The molecule has 17 heavy (non-hydrogen) atoms. The van der Waals surface area contributed by atoms with Crippen LogP contribution >= 0.6 is 0 Å².